The quantitative estimate of drug-likeness (QED) is 0.630. The summed E-state index contributed by atoms with van der Waals surface area (Å²) in [5, 5.41) is 3.25. The second-order valence-corrected chi connectivity index (χ2v) is 4.34. The fourth-order valence-corrected chi connectivity index (χ4v) is 1.94. The summed E-state index contributed by atoms with van der Waals surface area (Å²) in [5.74, 6) is 1.96. The first-order chi connectivity index (χ1) is 9.13. The Morgan fingerprint density at radius 2 is 1.95 bits per heavy atom. The Morgan fingerprint density at radius 3 is 2.42 bits per heavy atom. The maximum atomic E-state index is 11.7. The summed E-state index contributed by atoms with van der Waals surface area (Å²) in [4.78, 5) is 11.7. The van der Waals surface area contributed by atoms with Gasteiger partial charge in [0.25, 0.3) is 0 Å². The molecule has 3 heteroatoms. The molecule has 0 spiro atoms. The average Bonchev–Trinajstić information content (AvgIpc) is 2.44. The van der Waals surface area contributed by atoms with Crippen LogP contribution in [0.25, 0.3) is 0 Å². The van der Waals surface area contributed by atoms with Crippen molar-refractivity contribution in [2.75, 3.05) is 11.9 Å². The van der Waals surface area contributed by atoms with Gasteiger partial charge in [0.05, 0.1) is 0 Å². The molecule has 19 heavy (non-hydrogen) atoms. The normalized spacial score (nSPS) is 11.5. The molecule has 3 nitrogen and oxygen atoms in total. The molecule has 102 valence electrons. The minimum absolute atomic E-state index is 0.0148. The molecule has 0 heterocycles. The number of hydrogen-bond donors (Lipinski definition) is 1. The van der Waals surface area contributed by atoms with Gasteiger partial charge < -0.3 is 10.1 Å². The average molecular weight is 259 g/mol. The number of terminal acetylenes is 1. The third-order valence-electron chi connectivity index (χ3n) is 3.01. The Morgan fingerprint density at radius 1 is 1.37 bits per heavy atom. The Hall–Kier alpha value is -1.95. The second kappa shape index (κ2) is 7.48. The van der Waals surface area contributed by atoms with Crippen LogP contribution in [0.3, 0.4) is 0 Å². The monoisotopic (exact) mass is 259 g/mol. The number of esters is 1. The molecule has 0 saturated carbocycles. The van der Waals surface area contributed by atoms with E-state index < -0.39 is 6.04 Å². The van der Waals surface area contributed by atoms with Gasteiger partial charge in [-0.15, -0.1) is 6.42 Å². The lowest BCUT2D eigenvalue weighted by molar-refractivity contribution is -0.142. The van der Waals surface area contributed by atoms with Crippen molar-refractivity contribution in [2.24, 2.45) is 0 Å². The largest absolute Gasteiger partial charge is 0.451 e. The van der Waals surface area contributed by atoms with Gasteiger partial charge in [0.2, 0.25) is 0 Å². The molecule has 0 aliphatic heterocycles. The van der Waals surface area contributed by atoms with Crippen LogP contribution < -0.4 is 5.32 Å². The van der Waals surface area contributed by atoms with E-state index in [9.17, 15) is 4.79 Å². The number of hydrogen-bond acceptors (Lipinski definition) is 3. The number of para-hydroxylation sites is 1. The van der Waals surface area contributed by atoms with E-state index in [1.807, 2.05) is 6.07 Å². The van der Waals surface area contributed by atoms with Crippen LogP contribution in [0, 0.1) is 12.3 Å². The number of rotatable bonds is 6. The molecule has 0 saturated heterocycles. The van der Waals surface area contributed by atoms with Gasteiger partial charge in [0.15, 0.2) is 6.61 Å². The third-order valence-corrected chi connectivity index (χ3v) is 3.01. The predicted octanol–water partition coefficient (Wildman–Crippen LogP) is 2.79. The van der Waals surface area contributed by atoms with Gasteiger partial charge in [0.1, 0.15) is 6.04 Å². The number of carbonyl (C=O) groups is 1. The minimum Gasteiger partial charge on any atom is -0.451 e. The van der Waals surface area contributed by atoms with Gasteiger partial charge in [-0.05, 0) is 30.9 Å². The molecule has 1 aromatic rings. The number of carbonyl (C=O) groups excluding carboxylic acids is 1. The predicted molar refractivity (Wildman–Crippen MR) is 78.1 cm³/mol. The summed E-state index contributed by atoms with van der Waals surface area (Å²) >= 11 is 0. The van der Waals surface area contributed by atoms with E-state index in [0.29, 0.717) is 0 Å². The molecule has 0 radical (unpaired) electrons. The van der Waals surface area contributed by atoms with Gasteiger partial charge in [-0.1, -0.05) is 38.0 Å². The van der Waals surface area contributed by atoms with Crippen LogP contribution in [-0.4, -0.2) is 18.6 Å². The summed E-state index contributed by atoms with van der Waals surface area (Å²) in [6, 6.07) is 5.78. The van der Waals surface area contributed by atoms with Crippen molar-refractivity contribution in [1.82, 2.24) is 0 Å². The molecule has 0 amide bonds. The van der Waals surface area contributed by atoms with Crippen LogP contribution in [0.1, 0.15) is 31.9 Å². The summed E-state index contributed by atoms with van der Waals surface area (Å²) < 4.78 is 4.93. The van der Waals surface area contributed by atoms with Crippen molar-refractivity contribution < 1.29 is 9.53 Å². The van der Waals surface area contributed by atoms with Gasteiger partial charge in [-0.2, -0.15) is 0 Å². The van der Waals surface area contributed by atoms with E-state index >= 15 is 0 Å². The highest BCUT2D eigenvalue weighted by Gasteiger charge is 2.16. The summed E-state index contributed by atoms with van der Waals surface area (Å²) in [7, 11) is 0. The smallest absolute Gasteiger partial charge is 0.329 e. The van der Waals surface area contributed by atoms with Crippen LogP contribution in [0.15, 0.2) is 18.2 Å². The molecule has 1 N–H and O–H groups in total. The van der Waals surface area contributed by atoms with Crippen molar-refractivity contribution in [3.63, 3.8) is 0 Å². The van der Waals surface area contributed by atoms with E-state index in [2.05, 4.69) is 37.2 Å². The van der Waals surface area contributed by atoms with Crippen molar-refractivity contribution in [2.45, 2.75) is 39.7 Å². The van der Waals surface area contributed by atoms with Crippen molar-refractivity contribution in [3.8, 4) is 12.3 Å². The topological polar surface area (TPSA) is 38.3 Å². The number of ether oxygens (including phenoxy) is 1. The first kappa shape index (κ1) is 15.1. The third kappa shape index (κ3) is 4.03. The SMILES string of the molecule is C#CCOC(=O)C(C)Nc1c(CC)cccc1CC. The van der Waals surface area contributed by atoms with Gasteiger partial charge >= 0.3 is 5.97 Å². The van der Waals surface area contributed by atoms with E-state index in [1.54, 1.807) is 6.92 Å². The Labute approximate surface area is 115 Å². The zero-order chi connectivity index (χ0) is 14.3. The Balaban J connectivity index is 2.86. The molecule has 0 aliphatic rings. The summed E-state index contributed by atoms with van der Waals surface area (Å²) in [6.07, 6.45) is 6.91. The number of aryl methyl sites for hydroxylation is 2. The molecule has 1 rings (SSSR count). The van der Waals surface area contributed by atoms with Gasteiger partial charge in [-0.3, -0.25) is 0 Å². The van der Waals surface area contributed by atoms with E-state index in [0.717, 1.165) is 18.5 Å². The van der Waals surface area contributed by atoms with Gasteiger partial charge in [-0.25, -0.2) is 4.79 Å². The van der Waals surface area contributed by atoms with Crippen LogP contribution in [0.2, 0.25) is 0 Å². The molecule has 0 bridgehead atoms. The summed E-state index contributed by atoms with van der Waals surface area (Å²) in [5.41, 5.74) is 3.45. The molecule has 1 unspecified atom stereocenters. The molecular formula is C16H21NO2. The zero-order valence-electron chi connectivity index (χ0n) is 11.8. The van der Waals surface area contributed by atoms with E-state index in [-0.39, 0.29) is 12.6 Å². The van der Waals surface area contributed by atoms with Gasteiger partial charge in [0, 0.05) is 5.69 Å². The maximum Gasteiger partial charge on any atom is 0.329 e. The Bertz CT molecular complexity index is 452. The second-order valence-electron chi connectivity index (χ2n) is 4.34. The van der Waals surface area contributed by atoms with E-state index in [4.69, 9.17) is 11.2 Å². The molecular weight excluding hydrogens is 238 g/mol. The number of anilines is 1. The molecule has 0 aromatic heterocycles. The van der Waals surface area contributed by atoms with Crippen molar-refractivity contribution in [1.29, 1.82) is 0 Å². The molecule has 1 atom stereocenters. The first-order valence-electron chi connectivity index (χ1n) is 6.61. The van der Waals surface area contributed by atoms with Crippen LogP contribution in [-0.2, 0) is 22.4 Å². The maximum absolute atomic E-state index is 11.7. The Kier molecular flexibility index (Phi) is 5.95. The van der Waals surface area contributed by atoms with Crippen molar-refractivity contribution in [3.05, 3.63) is 29.3 Å². The highest BCUT2D eigenvalue weighted by molar-refractivity contribution is 5.79. The van der Waals surface area contributed by atoms with Crippen LogP contribution in [0.4, 0.5) is 5.69 Å². The standard InChI is InChI=1S/C16H21NO2/c1-5-11-19-16(18)12(4)17-15-13(6-2)9-8-10-14(15)7-3/h1,8-10,12,17H,6-7,11H2,2-4H3. The van der Waals surface area contributed by atoms with Crippen LogP contribution in [0.5, 0.6) is 0 Å². The minimum atomic E-state index is -0.411. The molecule has 0 fully saturated rings. The first-order valence-corrected chi connectivity index (χ1v) is 6.61. The molecule has 0 aliphatic carbocycles. The number of benzene rings is 1. The lowest BCUT2D eigenvalue weighted by Crippen LogP contribution is -2.29. The van der Waals surface area contributed by atoms with E-state index in [1.165, 1.54) is 11.1 Å². The zero-order valence-corrected chi connectivity index (χ0v) is 11.8. The number of nitrogens with one attached hydrogen (secondary N) is 1. The summed E-state index contributed by atoms with van der Waals surface area (Å²) in [6.45, 7) is 5.99. The highest BCUT2D eigenvalue weighted by Crippen LogP contribution is 2.23. The lowest BCUT2D eigenvalue weighted by atomic mass is 10.0. The fourth-order valence-electron chi connectivity index (χ4n) is 1.94. The van der Waals surface area contributed by atoms with Crippen LogP contribution >= 0.6 is 0 Å². The highest BCUT2D eigenvalue weighted by atomic mass is 16.5. The fraction of sp³-hybridized carbons (Fsp3) is 0.438. The lowest BCUT2D eigenvalue weighted by Gasteiger charge is -2.19. The molecule has 1 aromatic carbocycles. The van der Waals surface area contributed by atoms with Crippen molar-refractivity contribution >= 4 is 11.7 Å².